The van der Waals surface area contributed by atoms with Crippen LogP contribution in [0.25, 0.3) is 11.0 Å². The van der Waals surface area contributed by atoms with Crippen molar-refractivity contribution in [3.63, 3.8) is 0 Å². The normalized spacial score (nSPS) is 18.2. The number of anilines is 2. The molecule has 2 unspecified atom stereocenters. The van der Waals surface area contributed by atoms with E-state index in [0.29, 0.717) is 35.0 Å². The van der Waals surface area contributed by atoms with Gasteiger partial charge in [0, 0.05) is 24.0 Å². The lowest BCUT2D eigenvalue weighted by Gasteiger charge is -2.40. The second-order valence-corrected chi connectivity index (χ2v) is 12.8. The van der Waals surface area contributed by atoms with E-state index in [1.165, 1.54) is 24.3 Å². The van der Waals surface area contributed by atoms with Gasteiger partial charge in [-0.15, -0.1) is 13.2 Å². The molecule has 0 spiro atoms. The van der Waals surface area contributed by atoms with E-state index in [9.17, 15) is 31.1 Å². The van der Waals surface area contributed by atoms with Crippen LogP contribution in [0.4, 0.5) is 38.0 Å². The Labute approximate surface area is 271 Å². The first kappa shape index (κ1) is 34.1. The summed E-state index contributed by atoms with van der Waals surface area (Å²) < 4.78 is 88.3. The molecule has 47 heavy (non-hydrogen) atoms. The van der Waals surface area contributed by atoms with Crippen molar-refractivity contribution < 1.29 is 40.6 Å². The molecule has 5 rings (SSSR count). The number of amides is 1. The Hall–Kier alpha value is -4.20. The summed E-state index contributed by atoms with van der Waals surface area (Å²) in [6, 6.07) is 11.4. The highest BCUT2D eigenvalue weighted by atomic mass is 35.5. The Kier molecular flexibility index (Phi) is 9.54. The van der Waals surface area contributed by atoms with Crippen molar-refractivity contribution in [3.05, 3.63) is 71.0 Å². The smallest absolute Gasteiger partial charge is 0.484 e. The number of ether oxygens (including phenoxy) is 2. The molecule has 1 amide bonds. The number of fused-ring (bicyclic) bond motifs is 1. The van der Waals surface area contributed by atoms with Crippen LogP contribution in [-0.4, -0.2) is 33.4 Å². The lowest BCUT2D eigenvalue weighted by molar-refractivity contribution is -0.274. The van der Waals surface area contributed by atoms with E-state index in [1.54, 1.807) is 12.1 Å². The van der Waals surface area contributed by atoms with Crippen molar-refractivity contribution in [2.24, 2.45) is 11.3 Å². The number of hydrogen-bond donors (Lipinski definition) is 2. The number of imidazole rings is 1. The largest absolute Gasteiger partial charge is 0.573 e. The molecule has 0 saturated heterocycles. The number of nitrogens with one attached hydrogen (secondary N) is 2. The zero-order chi connectivity index (χ0) is 34.1. The molecule has 2 N–H and O–H groups in total. The first-order chi connectivity index (χ1) is 22.0. The summed E-state index contributed by atoms with van der Waals surface area (Å²) in [6.45, 7) is 6.06. The molecule has 2 atom stereocenters. The second kappa shape index (κ2) is 13.1. The van der Waals surface area contributed by atoms with Crippen molar-refractivity contribution in [1.82, 2.24) is 19.9 Å². The SMILES string of the molecule is CC1CC(n2c(Nc3ccc(OC(F)(F)F)cc3)nc3cc(OCC(=O)NCc4ncc(C(F)(F)F)cc4Cl)ccc32)CC(C)(C)C1. The van der Waals surface area contributed by atoms with Gasteiger partial charge in [-0.3, -0.25) is 9.78 Å². The fourth-order valence-corrected chi connectivity index (χ4v) is 6.35. The molecule has 0 radical (unpaired) electrons. The van der Waals surface area contributed by atoms with Gasteiger partial charge in [0.05, 0.1) is 33.9 Å². The number of nitrogens with zero attached hydrogens (tertiary/aromatic N) is 3. The maximum Gasteiger partial charge on any atom is 0.573 e. The number of alkyl halides is 6. The van der Waals surface area contributed by atoms with Gasteiger partial charge in [0.25, 0.3) is 5.91 Å². The summed E-state index contributed by atoms with van der Waals surface area (Å²) in [5.74, 6) is 0.397. The molecule has 15 heteroatoms. The van der Waals surface area contributed by atoms with Crippen molar-refractivity contribution in [2.45, 2.75) is 65.2 Å². The first-order valence-corrected chi connectivity index (χ1v) is 15.1. The molecule has 1 fully saturated rings. The van der Waals surface area contributed by atoms with Crippen molar-refractivity contribution in [3.8, 4) is 11.5 Å². The van der Waals surface area contributed by atoms with E-state index in [4.69, 9.17) is 21.3 Å². The molecule has 8 nitrogen and oxygen atoms in total. The minimum atomic E-state index is -4.80. The summed E-state index contributed by atoms with van der Waals surface area (Å²) in [5.41, 5.74) is 1.03. The van der Waals surface area contributed by atoms with Crippen LogP contribution in [-0.2, 0) is 17.5 Å². The average Bonchev–Trinajstić information content (AvgIpc) is 3.31. The maximum absolute atomic E-state index is 12.9. The molecule has 1 aliphatic rings. The molecule has 2 aromatic heterocycles. The van der Waals surface area contributed by atoms with Gasteiger partial charge in [-0.2, -0.15) is 13.2 Å². The van der Waals surface area contributed by atoms with Crippen LogP contribution < -0.4 is 20.1 Å². The van der Waals surface area contributed by atoms with Crippen molar-refractivity contribution in [1.29, 1.82) is 0 Å². The fraction of sp³-hybridized carbons (Fsp3) is 0.406. The summed E-state index contributed by atoms with van der Waals surface area (Å²) in [5, 5.41) is 5.54. The predicted molar refractivity (Wildman–Crippen MR) is 164 cm³/mol. The number of benzene rings is 2. The molecule has 4 aromatic rings. The number of rotatable bonds is 9. The zero-order valence-electron chi connectivity index (χ0n) is 25.6. The number of aromatic nitrogens is 3. The third-order valence-corrected chi connectivity index (χ3v) is 8.13. The lowest BCUT2D eigenvalue weighted by Crippen LogP contribution is -2.29. The Balaban J connectivity index is 1.32. The highest BCUT2D eigenvalue weighted by Crippen LogP contribution is 2.46. The molecule has 1 saturated carbocycles. The predicted octanol–water partition coefficient (Wildman–Crippen LogP) is 8.83. The highest BCUT2D eigenvalue weighted by Gasteiger charge is 2.35. The molecule has 2 aromatic carbocycles. The Morgan fingerprint density at radius 3 is 2.38 bits per heavy atom. The Morgan fingerprint density at radius 2 is 1.74 bits per heavy atom. The Bertz CT molecular complexity index is 1740. The molecule has 252 valence electrons. The average molecular weight is 684 g/mol. The van der Waals surface area contributed by atoms with Crippen LogP contribution in [0.3, 0.4) is 0 Å². The number of pyridine rings is 1. The molecular weight excluding hydrogens is 652 g/mol. The van der Waals surface area contributed by atoms with E-state index in [-0.39, 0.29) is 34.5 Å². The van der Waals surface area contributed by atoms with Gasteiger partial charge in [0.15, 0.2) is 6.61 Å². The maximum atomic E-state index is 12.9. The zero-order valence-corrected chi connectivity index (χ0v) is 26.4. The molecule has 2 heterocycles. The first-order valence-electron chi connectivity index (χ1n) is 14.7. The van der Waals surface area contributed by atoms with Crippen molar-refractivity contribution in [2.75, 3.05) is 11.9 Å². The lowest BCUT2D eigenvalue weighted by atomic mass is 9.70. The number of halogens is 7. The number of carbonyl (C=O) groups is 1. The van der Waals surface area contributed by atoms with Crippen LogP contribution in [0.5, 0.6) is 11.5 Å². The van der Waals surface area contributed by atoms with E-state index >= 15 is 0 Å². The highest BCUT2D eigenvalue weighted by molar-refractivity contribution is 6.31. The number of hydrogen-bond acceptors (Lipinski definition) is 6. The van der Waals surface area contributed by atoms with Gasteiger partial charge >= 0.3 is 12.5 Å². The molecule has 0 aliphatic heterocycles. The minimum Gasteiger partial charge on any atom is -0.484 e. The molecular formula is C32H32ClF6N5O3. The van der Waals surface area contributed by atoms with E-state index in [1.807, 2.05) is 6.07 Å². The summed E-state index contributed by atoms with van der Waals surface area (Å²) in [7, 11) is 0. The second-order valence-electron chi connectivity index (χ2n) is 12.4. The Morgan fingerprint density at radius 1 is 1.04 bits per heavy atom. The van der Waals surface area contributed by atoms with Gasteiger partial charge < -0.3 is 24.7 Å². The molecule has 1 aliphatic carbocycles. The van der Waals surface area contributed by atoms with E-state index in [0.717, 1.165) is 30.8 Å². The van der Waals surface area contributed by atoms with Gasteiger partial charge in [0.1, 0.15) is 11.5 Å². The van der Waals surface area contributed by atoms with Crippen LogP contribution in [0.1, 0.15) is 57.3 Å². The summed E-state index contributed by atoms with van der Waals surface area (Å²) >= 11 is 5.92. The van der Waals surface area contributed by atoms with E-state index in [2.05, 4.69) is 45.7 Å². The monoisotopic (exact) mass is 683 g/mol. The van der Waals surface area contributed by atoms with Crippen molar-refractivity contribution >= 4 is 40.2 Å². The third-order valence-electron chi connectivity index (χ3n) is 7.80. The van der Waals surface area contributed by atoms with E-state index < -0.39 is 30.6 Å². The number of carbonyl (C=O) groups excluding carboxylic acids is 1. The third kappa shape index (κ3) is 8.79. The fourth-order valence-electron chi connectivity index (χ4n) is 6.12. The van der Waals surface area contributed by atoms with Gasteiger partial charge in [-0.25, -0.2) is 4.98 Å². The van der Waals surface area contributed by atoms with Crippen LogP contribution in [0, 0.1) is 11.3 Å². The minimum absolute atomic E-state index is 0.0720. The van der Waals surface area contributed by atoms with Crippen LogP contribution in [0.2, 0.25) is 5.02 Å². The van der Waals surface area contributed by atoms with Gasteiger partial charge in [-0.05, 0) is 73.1 Å². The topological polar surface area (TPSA) is 90.3 Å². The van der Waals surface area contributed by atoms with Crippen LogP contribution >= 0.6 is 11.6 Å². The van der Waals surface area contributed by atoms with Gasteiger partial charge in [0.2, 0.25) is 5.95 Å². The summed E-state index contributed by atoms with van der Waals surface area (Å²) in [6.07, 6.45) is -5.89. The van der Waals surface area contributed by atoms with Crippen LogP contribution in [0.15, 0.2) is 54.7 Å². The molecule has 0 bridgehead atoms. The summed E-state index contributed by atoms with van der Waals surface area (Å²) in [4.78, 5) is 21.0. The standard InChI is InChI=1S/C32H32ClF6N5O3/c1-18-10-21(14-30(2,3)13-18)44-27-9-8-23(46-17-28(45)41-16-26-24(33)11-19(15-40-26)31(34,35)36)12-25(27)43-29(44)42-20-4-6-22(7-5-20)47-32(37,38)39/h4-9,11-12,15,18,21H,10,13-14,16-17H2,1-3H3,(H,41,45)(H,42,43). The van der Waals surface area contributed by atoms with Gasteiger partial charge in [-0.1, -0.05) is 32.4 Å². The quantitative estimate of drug-likeness (QED) is 0.171.